The van der Waals surface area contributed by atoms with Gasteiger partial charge in [0, 0.05) is 50.1 Å². The van der Waals surface area contributed by atoms with Crippen LogP contribution in [0.3, 0.4) is 0 Å². The van der Waals surface area contributed by atoms with E-state index in [2.05, 4.69) is 104 Å². The molecule has 7 heteroatoms. The van der Waals surface area contributed by atoms with Crippen molar-refractivity contribution in [2.24, 2.45) is 0 Å². The van der Waals surface area contributed by atoms with Crippen LogP contribution in [0.2, 0.25) is 0 Å². The first kappa shape index (κ1) is 40.1. The number of ether oxygens (including phenoxy) is 1. The second-order valence-corrected chi connectivity index (χ2v) is 17.5. The molecule has 1 spiro atoms. The number of rotatable bonds is 7. The van der Waals surface area contributed by atoms with Gasteiger partial charge in [-0.25, -0.2) is 29.9 Å². The van der Waals surface area contributed by atoms with Crippen LogP contribution in [-0.4, -0.2) is 29.9 Å². The lowest BCUT2D eigenvalue weighted by atomic mass is 9.65. The van der Waals surface area contributed by atoms with Gasteiger partial charge < -0.3 is 4.74 Å². The van der Waals surface area contributed by atoms with Crippen LogP contribution in [0.1, 0.15) is 27.8 Å². The maximum absolute atomic E-state index is 7.34. The van der Waals surface area contributed by atoms with E-state index in [1.54, 1.807) is 0 Å². The molecule has 0 bridgehead atoms. The molecule has 0 fully saturated rings. The molecular formula is C62H40N6O. The monoisotopic (exact) mass is 884 g/mol. The van der Waals surface area contributed by atoms with Crippen LogP contribution in [0.15, 0.2) is 224 Å². The Morgan fingerprint density at radius 1 is 0.304 bits per heavy atom. The summed E-state index contributed by atoms with van der Waals surface area (Å²) in [6, 6.07) is 77.3. The van der Waals surface area contributed by atoms with Gasteiger partial charge >= 0.3 is 0 Å². The highest BCUT2D eigenvalue weighted by Crippen LogP contribution is 2.64. The lowest BCUT2D eigenvalue weighted by molar-refractivity contribution is 0.438. The molecule has 7 nitrogen and oxygen atoms in total. The Kier molecular flexibility index (Phi) is 9.47. The van der Waals surface area contributed by atoms with Crippen LogP contribution >= 0.6 is 0 Å². The highest BCUT2D eigenvalue weighted by Gasteiger charge is 2.52. The topological polar surface area (TPSA) is 86.6 Å². The molecule has 0 saturated heterocycles. The van der Waals surface area contributed by atoms with Gasteiger partial charge in [0.15, 0.2) is 34.9 Å². The normalized spacial score (nSPS) is 14.0. The Morgan fingerprint density at radius 3 is 1.28 bits per heavy atom. The minimum atomic E-state index is -0.819. The summed E-state index contributed by atoms with van der Waals surface area (Å²) in [5, 5.41) is 0. The van der Waals surface area contributed by atoms with Crippen LogP contribution in [0.4, 0.5) is 0 Å². The lowest BCUT2D eigenvalue weighted by Crippen LogP contribution is -2.32. The quantitative estimate of drug-likeness (QED) is 0.158. The van der Waals surface area contributed by atoms with Gasteiger partial charge in [0.05, 0.1) is 5.41 Å². The van der Waals surface area contributed by atoms with E-state index in [1.165, 1.54) is 0 Å². The molecule has 11 aromatic rings. The van der Waals surface area contributed by atoms with Crippen molar-refractivity contribution >= 4 is 0 Å². The van der Waals surface area contributed by atoms with Crippen molar-refractivity contribution < 1.29 is 4.74 Å². The predicted octanol–water partition coefficient (Wildman–Crippen LogP) is 14.5. The van der Waals surface area contributed by atoms with E-state index in [0.29, 0.717) is 34.9 Å². The van der Waals surface area contributed by atoms with E-state index in [1.807, 2.05) is 127 Å². The number of hydrogen-bond acceptors (Lipinski definition) is 7. The zero-order valence-electron chi connectivity index (χ0n) is 37.5. The number of hydrogen-bond donors (Lipinski definition) is 0. The molecule has 0 N–H and O–H groups in total. The molecule has 69 heavy (non-hydrogen) atoms. The van der Waals surface area contributed by atoms with Crippen LogP contribution in [0.5, 0.6) is 11.5 Å². The van der Waals surface area contributed by atoms with Gasteiger partial charge in [0.25, 0.3) is 0 Å². The molecule has 2 aromatic heterocycles. The van der Waals surface area contributed by atoms with E-state index in [0.717, 1.165) is 95.0 Å². The molecule has 3 heterocycles. The molecule has 2 aliphatic rings. The zero-order chi connectivity index (χ0) is 45.9. The van der Waals surface area contributed by atoms with Gasteiger partial charge in [-0.15, -0.1) is 0 Å². The average molecular weight is 885 g/mol. The van der Waals surface area contributed by atoms with Crippen molar-refractivity contribution in [1.29, 1.82) is 0 Å². The Labute approximate surface area is 399 Å². The molecular weight excluding hydrogens is 845 g/mol. The molecule has 0 amide bonds. The Bertz CT molecular complexity index is 3640. The van der Waals surface area contributed by atoms with Gasteiger partial charge in [-0.05, 0) is 40.8 Å². The number of benzene rings is 9. The minimum absolute atomic E-state index is 0.550. The number of fused-ring (bicyclic) bond motifs is 9. The van der Waals surface area contributed by atoms with E-state index in [9.17, 15) is 0 Å². The smallest absolute Gasteiger partial charge is 0.164 e. The van der Waals surface area contributed by atoms with Crippen molar-refractivity contribution in [1.82, 2.24) is 29.9 Å². The van der Waals surface area contributed by atoms with Crippen LogP contribution < -0.4 is 4.74 Å². The highest BCUT2D eigenvalue weighted by atomic mass is 16.5. The molecule has 0 saturated carbocycles. The minimum Gasteiger partial charge on any atom is -0.456 e. The van der Waals surface area contributed by atoms with Gasteiger partial charge in [0.1, 0.15) is 11.5 Å². The van der Waals surface area contributed by atoms with Crippen molar-refractivity contribution in [3.8, 4) is 102 Å². The van der Waals surface area contributed by atoms with Gasteiger partial charge in [-0.3, -0.25) is 0 Å². The van der Waals surface area contributed by atoms with Gasteiger partial charge in [0.2, 0.25) is 0 Å². The Hall–Kier alpha value is -9.20. The Balaban J connectivity index is 1.08. The van der Waals surface area contributed by atoms with E-state index < -0.39 is 5.41 Å². The third-order valence-corrected chi connectivity index (χ3v) is 13.3. The maximum atomic E-state index is 7.34. The number of aromatic nitrogens is 6. The molecule has 1 aliphatic carbocycles. The first-order valence-corrected chi connectivity index (χ1v) is 23.1. The summed E-state index contributed by atoms with van der Waals surface area (Å²) in [5.41, 5.74) is 14.3. The fourth-order valence-electron chi connectivity index (χ4n) is 10.2. The third-order valence-electron chi connectivity index (χ3n) is 13.3. The first-order chi connectivity index (χ1) is 34.1. The summed E-state index contributed by atoms with van der Waals surface area (Å²) in [4.78, 5) is 30.9. The van der Waals surface area contributed by atoms with E-state index >= 15 is 0 Å². The van der Waals surface area contributed by atoms with Crippen LogP contribution in [0.25, 0.3) is 90.6 Å². The fourth-order valence-corrected chi connectivity index (χ4v) is 10.2. The zero-order valence-corrected chi connectivity index (χ0v) is 37.5. The van der Waals surface area contributed by atoms with Crippen molar-refractivity contribution in [3.05, 3.63) is 252 Å². The largest absolute Gasteiger partial charge is 0.456 e. The van der Waals surface area contributed by atoms with Crippen molar-refractivity contribution in [2.45, 2.75) is 12.3 Å². The van der Waals surface area contributed by atoms with Crippen molar-refractivity contribution in [2.75, 3.05) is 0 Å². The molecule has 1 unspecified atom stereocenters. The lowest BCUT2D eigenvalue weighted by Gasteiger charge is -2.40. The molecule has 9 aromatic carbocycles. The SMILES string of the molecule is Cc1ccc2c(c1)C1(c3ccc(-c4nc(-c5ccccc5)nc(-c5ccccc5)n4)cc3Oc3c(-c4ccccc4)cccc31)c1cccc(-c3nc(-c4ccccc4)nc(-c4ccccc4)n3)c1-2. The Morgan fingerprint density at radius 2 is 0.754 bits per heavy atom. The van der Waals surface area contributed by atoms with E-state index in [-0.39, 0.29) is 0 Å². The summed E-state index contributed by atoms with van der Waals surface area (Å²) in [7, 11) is 0. The second kappa shape index (κ2) is 16.3. The molecule has 1 atom stereocenters. The first-order valence-electron chi connectivity index (χ1n) is 23.1. The highest BCUT2D eigenvalue weighted by molar-refractivity contribution is 5.97. The molecule has 1 aliphatic heterocycles. The maximum Gasteiger partial charge on any atom is 0.164 e. The summed E-state index contributed by atoms with van der Waals surface area (Å²) >= 11 is 0. The second-order valence-electron chi connectivity index (χ2n) is 17.5. The summed E-state index contributed by atoms with van der Waals surface area (Å²) < 4.78 is 7.34. The number of nitrogens with zero attached hydrogens (tertiary/aromatic N) is 6. The molecule has 324 valence electrons. The van der Waals surface area contributed by atoms with Crippen molar-refractivity contribution in [3.63, 3.8) is 0 Å². The average Bonchev–Trinajstić information content (AvgIpc) is 3.71. The standard InChI is InChI=1S/C62H40N6O/c1-39-33-35-47-52(37-39)62(50-31-18-30-48(54(47)50)61-67-58(43-25-13-5-14-26-43)64-59(68-61)44-27-15-6-16-28-44)49-36-34-45(38-53(49)69-55-46(29-17-32-51(55)62)40-19-7-2-8-20-40)60-65-56(41-21-9-3-10-22-41)63-57(66-60)42-23-11-4-12-24-42/h2-38H,1H3. The number of aryl methyl sites for hydroxylation is 1. The van der Waals surface area contributed by atoms with E-state index in [4.69, 9.17) is 34.6 Å². The van der Waals surface area contributed by atoms with Gasteiger partial charge in [-0.1, -0.05) is 224 Å². The number of para-hydroxylation sites is 1. The summed E-state index contributed by atoms with van der Waals surface area (Å²) in [5.74, 6) is 5.07. The molecule has 0 radical (unpaired) electrons. The fraction of sp³-hybridized carbons (Fsp3) is 0.0323. The molecule has 13 rings (SSSR count). The third kappa shape index (κ3) is 6.66. The van der Waals surface area contributed by atoms with Gasteiger partial charge in [-0.2, -0.15) is 0 Å². The summed E-state index contributed by atoms with van der Waals surface area (Å²) in [6.45, 7) is 2.17. The summed E-state index contributed by atoms with van der Waals surface area (Å²) in [6.07, 6.45) is 0. The predicted molar refractivity (Wildman–Crippen MR) is 273 cm³/mol. The van der Waals surface area contributed by atoms with Crippen LogP contribution in [0, 0.1) is 6.92 Å². The van der Waals surface area contributed by atoms with Crippen LogP contribution in [-0.2, 0) is 5.41 Å².